The molecule has 1 rings (SSSR count). The molecule has 0 aliphatic carbocycles. The molecule has 0 aliphatic heterocycles. The van der Waals surface area contributed by atoms with Gasteiger partial charge in [-0.15, -0.1) is 0 Å². The van der Waals surface area contributed by atoms with Crippen LogP contribution in [0.4, 0.5) is 0 Å². The van der Waals surface area contributed by atoms with E-state index in [-0.39, 0.29) is 5.97 Å². The van der Waals surface area contributed by atoms with E-state index < -0.39 is 0 Å². The maximum absolute atomic E-state index is 11.0. The van der Waals surface area contributed by atoms with Gasteiger partial charge in [-0.25, -0.2) is 0 Å². The monoisotopic (exact) mass is 167 g/mol. The maximum Gasteiger partial charge on any atom is 0.310 e. The molecule has 0 amide bonds. The summed E-state index contributed by atoms with van der Waals surface area (Å²) in [6.45, 7) is 4.19. The highest BCUT2D eigenvalue weighted by Crippen LogP contribution is 2.06. The standard InChI is InChI=1S/C9H13NO2/c1-3-12-9(11)6-8-4-5-10-7(8)2/h4-5,10H,3,6H2,1-2H3. The smallest absolute Gasteiger partial charge is 0.310 e. The van der Waals surface area contributed by atoms with Crippen LogP contribution < -0.4 is 0 Å². The van der Waals surface area contributed by atoms with Gasteiger partial charge in [0.25, 0.3) is 0 Å². The Morgan fingerprint density at radius 2 is 2.42 bits per heavy atom. The molecule has 0 saturated carbocycles. The van der Waals surface area contributed by atoms with Gasteiger partial charge in [-0.2, -0.15) is 0 Å². The van der Waals surface area contributed by atoms with Crippen LogP contribution in [0, 0.1) is 6.92 Å². The third-order valence-corrected chi connectivity index (χ3v) is 1.71. The number of nitrogens with one attached hydrogen (secondary N) is 1. The van der Waals surface area contributed by atoms with E-state index in [1.54, 1.807) is 0 Å². The summed E-state index contributed by atoms with van der Waals surface area (Å²) in [7, 11) is 0. The van der Waals surface area contributed by atoms with Crippen LogP contribution in [0.5, 0.6) is 0 Å². The number of H-pyrrole nitrogens is 1. The first-order valence-corrected chi connectivity index (χ1v) is 4.02. The summed E-state index contributed by atoms with van der Waals surface area (Å²) in [5, 5.41) is 0. The Morgan fingerprint density at radius 1 is 1.67 bits per heavy atom. The summed E-state index contributed by atoms with van der Waals surface area (Å²) in [6, 6.07) is 1.90. The van der Waals surface area contributed by atoms with Gasteiger partial charge in [-0.3, -0.25) is 4.79 Å². The fourth-order valence-corrected chi connectivity index (χ4v) is 1.04. The summed E-state index contributed by atoms with van der Waals surface area (Å²) in [5.41, 5.74) is 2.04. The number of hydrogen-bond acceptors (Lipinski definition) is 2. The zero-order chi connectivity index (χ0) is 8.97. The molecule has 0 aromatic carbocycles. The van der Waals surface area contributed by atoms with Crippen molar-refractivity contribution in [3.8, 4) is 0 Å². The quantitative estimate of drug-likeness (QED) is 0.692. The van der Waals surface area contributed by atoms with E-state index in [1.807, 2.05) is 26.1 Å². The van der Waals surface area contributed by atoms with E-state index >= 15 is 0 Å². The Bertz CT molecular complexity index is 265. The Balaban J connectivity index is 2.52. The van der Waals surface area contributed by atoms with Crippen LogP contribution >= 0.6 is 0 Å². The number of aromatic nitrogens is 1. The zero-order valence-electron chi connectivity index (χ0n) is 7.39. The van der Waals surface area contributed by atoms with Gasteiger partial charge in [0.05, 0.1) is 13.0 Å². The lowest BCUT2D eigenvalue weighted by Crippen LogP contribution is -2.07. The molecule has 0 bridgehead atoms. The van der Waals surface area contributed by atoms with Crippen LogP contribution in [0.15, 0.2) is 12.3 Å². The molecular weight excluding hydrogens is 154 g/mol. The predicted molar refractivity (Wildman–Crippen MR) is 45.9 cm³/mol. The van der Waals surface area contributed by atoms with Crippen LogP contribution in [0.3, 0.4) is 0 Å². The Labute approximate surface area is 71.7 Å². The summed E-state index contributed by atoms with van der Waals surface area (Å²) in [6.07, 6.45) is 2.19. The van der Waals surface area contributed by atoms with E-state index in [2.05, 4.69) is 4.98 Å². The van der Waals surface area contributed by atoms with E-state index in [0.717, 1.165) is 11.3 Å². The lowest BCUT2D eigenvalue weighted by atomic mass is 10.2. The first-order chi connectivity index (χ1) is 5.74. The van der Waals surface area contributed by atoms with Crippen molar-refractivity contribution in [2.24, 2.45) is 0 Å². The van der Waals surface area contributed by atoms with Crippen molar-refractivity contribution in [1.82, 2.24) is 4.98 Å². The van der Waals surface area contributed by atoms with Gasteiger partial charge >= 0.3 is 5.97 Å². The third kappa shape index (κ3) is 2.12. The highest BCUT2D eigenvalue weighted by molar-refractivity contribution is 5.72. The largest absolute Gasteiger partial charge is 0.466 e. The van der Waals surface area contributed by atoms with Gasteiger partial charge in [0.1, 0.15) is 0 Å². The molecule has 0 fully saturated rings. The zero-order valence-corrected chi connectivity index (χ0v) is 7.39. The molecule has 0 radical (unpaired) electrons. The van der Waals surface area contributed by atoms with Crippen molar-refractivity contribution >= 4 is 5.97 Å². The van der Waals surface area contributed by atoms with Crippen LogP contribution in [-0.2, 0) is 16.0 Å². The number of esters is 1. The average Bonchev–Trinajstić information content (AvgIpc) is 2.37. The second-order valence-corrected chi connectivity index (χ2v) is 2.61. The van der Waals surface area contributed by atoms with Gasteiger partial charge in [-0.05, 0) is 25.5 Å². The van der Waals surface area contributed by atoms with Crippen molar-refractivity contribution in [2.75, 3.05) is 6.61 Å². The predicted octanol–water partition coefficient (Wildman–Crippen LogP) is 1.43. The Morgan fingerprint density at radius 3 is 2.92 bits per heavy atom. The number of hydrogen-bond donors (Lipinski definition) is 1. The van der Waals surface area contributed by atoms with Gasteiger partial charge in [-0.1, -0.05) is 0 Å². The second-order valence-electron chi connectivity index (χ2n) is 2.61. The first kappa shape index (κ1) is 8.84. The molecule has 1 aromatic heterocycles. The summed E-state index contributed by atoms with van der Waals surface area (Å²) < 4.78 is 4.82. The Hall–Kier alpha value is -1.25. The third-order valence-electron chi connectivity index (χ3n) is 1.71. The molecule has 12 heavy (non-hydrogen) atoms. The number of rotatable bonds is 3. The summed E-state index contributed by atoms with van der Waals surface area (Å²) in [5.74, 6) is -0.166. The topological polar surface area (TPSA) is 42.1 Å². The van der Waals surface area contributed by atoms with Crippen molar-refractivity contribution in [3.63, 3.8) is 0 Å². The highest BCUT2D eigenvalue weighted by atomic mass is 16.5. The average molecular weight is 167 g/mol. The lowest BCUT2D eigenvalue weighted by Gasteiger charge is -2.00. The van der Waals surface area contributed by atoms with E-state index in [0.29, 0.717) is 13.0 Å². The molecule has 0 atom stereocenters. The Kier molecular flexibility index (Phi) is 2.91. The van der Waals surface area contributed by atoms with Crippen molar-refractivity contribution in [2.45, 2.75) is 20.3 Å². The van der Waals surface area contributed by atoms with E-state index in [1.165, 1.54) is 0 Å². The molecule has 0 unspecified atom stereocenters. The molecule has 3 heteroatoms. The van der Waals surface area contributed by atoms with Gasteiger partial charge < -0.3 is 9.72 Å². The number of carbonyl (C=O) groups is 1. The normalized spacial score (nSPS) is 9.83. The SMILES string of the molecule is CCOC(=O)Cc1cc[nH]c1C. The van der Waals surface area contributed by atoms with Crippen molar-refractivity contribution in [3.05, 3.63) is 23.5 Å². The molecule has 66 valence electrons. The number of aromatic amines is 1. The minimum absolute atomic E-state index is 0.166. The summed E-state index contributed by atoms with van der Waals surface area (Å²) in [4.78, 5) is 14.0. The number of carbonyl (C=O) groups excluding carboxylic acids is 1. The molecule has 0 aliphatic rings. The van der Waals surface area contributed by atoms with Gasteiger partial charge in [0.15, 0.2) is 0 Å². The van der Waals surface area contributed by atoms with Gasteiger partial charge in [0, 0.05) is 11.9 Å². The van der Waals surface area contributed by atoms with Crippen molar-refractivity contribution in [1.29, 1.82) is 0 Å². The van der Waals surface area contributed by atoms with E-state index in [4.69, 9.17) is 4.74 Å². The molecule has 1 aromatic rings. The minimum atomic E-state index is -0.166. The van der Waals surface area contributed by atoms with Gasteiger partial charge in [0.2, 0.25) is 0 Å². The minimum Gasteiger partial charge on any atom is -0.466 e. The molecular formula is C9H13NO2. The summed E-state index contributed by atoms with van der Waals surface area (Å²) >= 11 is 0. The molecule has 0 saturated heterocycles. The van der Waals surface area contributed by atoms with Crippen molar-refractivity contribution < 1.29 is 9.53 Å². The highest BCUT2D eigenvalue weighted by Gasteiger charge is 2.06. The van der Waals surface area contributed by atoms with E-state index in [9.17, 15) is 4.79 Å². The van der Waals surface area contributed by atoms with Crippen LogP contribution in [0.1, 0.15) is 18.2 Å². The maximum atomic E-state index is 11.0. The van der Waals surface area contributed by atoms with Crippen LogP contribution in [0.25, 0.3) is 0 Å². The lowest BCUT2D eigenvalue weighted by molar-refractivity contribution is -0.142. The molecule has 3 nitrogen and oxygen atoms in total. The molecule has 0 spiro atoms. The van der Waals surface area contributed by atoms with Crippen LogP contribution in [-0.4, -0.2) is 17.6 Å². The van der Waals surface area contributed by atoms with Crippen LogP contribution in [0.2, 0.25) is 0 Å². The molecule has 1 heterocycles. The second kappa shape index (κ2) is 3.95. The molecule has 1 N–H and O–H groups in total. The first-order valence-electron chi connectivity index (χ1n) is 4.02. The fraction of sp³-hybridized carbons (Fsp3) is 0.444. The number of ether oxygens (including phenoxy) is 1. The number of aryl methyl sites for hydroxylation is 1. The fourth-order valence-electron chi connectivity index (χ4n) is 1.04.